The molecule has 0 N–H and O–H groups in total. The van der Waals surface area contributed by atoms with Gasteiger partial charge in [0.15, 0.2) is 5.75 Å². The summed E-state index contributed by atoms with van der Waals surface area (Å²) in [4.78, 5) is 30.0. The van der Waals surface area contributed by atoms with Gasteiger partial charge in [-0.1, -0.05) is 24.8 Å². The number of ether oxygens (including phenoxy) is 1. The molecule has 0 saturated carbocycles. The van der Waals surface area contributed by atoms with Gasteiger partial charge in [-0.2, -0.15) is 8.78 Å². The lowest BCUT2D eigenvalue weighted by Crippen LogP contribution is -2.30. The van der Waals surface area contributed by atoms with Crippen molar-refractivity contribution in [1.29, 1.82) is 0 Å². The summed E-state index contributed by atoms with van der Waals surface area (Å²) in [6, 6.07) is 9.63. The molecule has 1 aliphatic heterocycles. The van der Waals surface area contributed by atoms with E-state index in [0.29, 0.717) is 41.7 Å². The number of hydrogen-bond acceptors (Lipinski definition) is 4. The first kappa shape index (κ1) is 21.5. The van der Waals surface area contributed by atoms with Crippen LogP contribution in [0.15, 0.2) is 36.4 Å². The largest absolute Gasteiger partial charge is 0.433 e. The molecular formula is C24H21F2N3O3. The van der Waals surface area contributed by atoms with Crippen molar-refractivity contribution in [3.8, 4) is 23.3 Å². The molecule has 2 aromatic carbocycles. The van der Waals surface area contributed by atoms with Gasteiger partial charge in [0.05, 0.1) is 22.6 Å². The van der Waals surface area contributed by atoms with Crippen molar-refractivity contribution in [2.45, 2.75) is 38.8 Å². The molecule has 4 rings (SSSR count). The first-order valence-electron chi connectivity index (χ1n) is 10.3. The van der Waals surface area contributed by atoms with Crippen molar-refractivity contribution in [3.05, 3.63) is 53.3 Å². The van der Waals surface area contributed by atoms with E-state index >= 15 is 0 Å². The second kappa shape index (κ2) is 8.79. The van der Waals surface area contributed by atoms with E-state index in [1.54, 1.807) is 22.6 Å². The number of carbonyl (C=O) groups excluding carboxylic acids is 2. The summed E-state index contributed by atoms with van der Waals surface area (Å²) in [5.74, 6) is 6.13. The highest BCUT2D eigenvalue weighted by molar-refractivity contribution is 6.00. The number of fused-ring (bicyclic) bond motifs is 5. The van der Waals surface area contributed by atoms with E-state index in [4.69, 9.17) is 9.72 Å². The number of aromatic nitrogens is 2. The van der Waals surface area contributed by atoms with E-state index in [-0.39, 0.29) is 28.9 Å². The smallest absolute Gasteiger partial charge is 0.387 e. The summed E-state index contributed by atoms with van der Waals surface area (Å²) < 4.78 is 32.9. The maximum absolute atomic E-state index is 13.2. The summed E-state index contributed by atoms with van der Waals surface area (Å²) in [7, 11) is 1.68. The molecule has 6 nitrogen and oxygen atoms in total. The number of carbonyl (C=O) groups is 2. The Balaban J connectivity index is 2.01. The SMILES string of the molecule is CCC1c2nc3ccc(C#CCCC=O)cc3n2-c2c(OC(F)F)cccc2C(=O)N1C. The number of amides is 1. The number of benzene rings is 2. The van der Waals surface area contributed by atoms with Crippen molar-refractivity contribution >= 4 is 23.2 Å². The molecule has 0 aliphatic carbocycles. The molecule has 1 unspecified atom stereocenters. The van der Waals surface area contributed by atoms with Crippen LogP contribution < -0.4 is 4.74 Å². The predicted molar refractivity (Wildman–Crippen MR) is 115 cm³/mol. The second-order valence-electron chi connectivity index (χ2n) is 7.39. The zero-order chi connectivity index (χ0) is 22.8. The van der Waals surface area contributed by atoms with Gasteiger partial charge in [0.1, 0.15) is 17.8 Å². The lowest BCUT2D eigenvalue weighted by atomic mass is 10.1. The van der Waals surface area contributed by atoms with E-state index in [0.717, 1.165) is 6.29 Å². The van der Waals surface area contributed by atoms with Crippen LogP contribution in [0.2, 0.25) is 0 Å². The summed E-state index contributed by atoms with van der Waals surface area (Å²) in [6.45, 7) is -1.11. The topological polar surface area (TPSA) is 64.4 Å². The molecule has 3 aromatic rings. The van der Waals surface area contributed by atoms with Crippen molar-refractivity contribution in [3.63, 3.8) is 0 Å². The molecule has 2 heterocycles. The molecule has 0 saturated heterocycles. The zero-order valence-corrected chi connectivity index (χ0v) is 17.6. The number of unbranched alkanes of at least 4 members (excludes halogenated alkanes) is 1. The number of nitrogens with zero attached hydrogens (tertiary/aromatic N) is 3. The molecule has 1 amide bonds. The quantitative estimate of drug-likeness (QED) is 0.335. The van der Waals surface area contributed by atoms with Gasteiger partial charge in [-0.15, -0.1) is 0 Å². The van der Waals surface area contributed by atoms with Crippen LogP contribution in [-0.4, -0.2) is 40.3 Å². The number of para-hydroxylation sites is 1. The fourth-order valence-corrected chi connectivity index (χ4v) is 4.00. The number of alkyl halides is 2. The molecule has 8 heteroatoms. The van der Waals surface area contributed by atoms with E-state index < -0.39 is 6.61 Å². The van der Waals surface area contributed by atoms with E-state index in [1.807, 2.05) is 25.1 Å². The predicted octanol–water partition coefficient (Wildman–Crippen LogP) is 4.49. The molecular weight excluding hydrogens is 416 g/mol. The highest BCUT2D eigenvalue weighted by atomic mass is 19.3. The summed E-state index contributed by atoms with van der Waals surface area (Å²) in [5, 5.41) is 0. The fourth-order valence-electron chi connectivity index (χ4n) is 4.00. The van der Waals surface area contributed by atoms with Crippen LogP contribution in [0.3, 0.4) is 0 Å². The number of aldehydes is 1. The Kier molecular flexibility index (Phi) is 5.91. The summed E-state index contributed by atoms with van der Waals surface area (Å²) in [5.41, 5.74) is 2.47. The van der Waals surface area contributed by atoms with Crippen LogP contribution in [-0.2, 0) is 4.79 Å². The molecule has 1 aromatic heterocycles. The van der Waals surface area contributed by atoms with Gasteiger partial charge in [-0.25, -0.2) is 4.98 Å². The minimum atomic E-state index is -3.04. The third kappa shape index (κ3) is 3.71. The number of hydrogen-bond donors (Lipinski definition) is 0. The van der Waals surface area contributed by atoms with E-state index in [1.165, 1.54) is 12.1 Å². The van der Waals surface area contributed by atoms with Crippen molar-refractivity contribution in [2.24, 2.45) is 0 Å². The van der Waals surface area contributed by atoms with Crippen LogP contribution in [0.25, 0.3) is 16.7 Å². The molecule has 164 valence electrons. The van der Waals surface area contributed by atoms with Crippen LogP contribution in [0.5, 0.6) is 5.75 Å². The monoisotopic (exact) mass is 437 g/mol. The molecule has 1 aliphatic rings. The van der Waals surface area contributed by atoms with Crippen molar-refractivity contribution < 1.29 is 23.1 Å². The van der Waals surface area contributed by atoms with Gasteiger partial charge >= 0.3 is 6.61 Å². The Morgan fingerprint density at radius 1 is 1.28 bits per heavy atom. The first-order chi connectivity index (χ1) is 15.5. The van der Waals surface area contributed by atoms with E-state index in [2.05, 4.69) is 11.8 Å². The Morgan fingerprint density at radius 3 is 2.81 bits per heavy atom. The maximum atomic E-state index is 13.2. The highest BCUT2D eigenvalue weighted by Gasteiger charge is 2.35. The fraction of sp³-hybridized carbons (Fsp3) is 0.292. The molecule has 0 spiro atoms. The van der Waals surface area contributed by atoms with E-state index in [9.17, 15) is 18.4 Å². The Labute approximate surface area is 183 Å². The second-order valence-corrected chi connectivity index (χ2v) is 7.39. The third-order valence-corrected chi connectivity index (χ3v) is 5.44. The molecule has 1 atom stereocenters. The van der Waals surface area contributed by atoms with Crippen LogP contribution in [0, 0.1) is 11.8 Å². The standard InChI is InChI=1S/C24H21F2N3O3/c1-3-18-22-27-17-12-11-15(8-5-4-6-13-30)14-19(17)29(22)21-16(23(31)28(18)2)9-7-10-20(21)32-24(25)26/h7,9-14,18,24H,3-4,6H2,1-2H3. The van der Waals surface area contributed by atoms with Gasteiger partial charge < -0.3 is 14.4 Å². The zero-order valence-electron chi connectivity index (χ0n) is 17.6. The van der Waals surface area contributed by atoms with Crippen LogP contribution >= 0.6 is 0 Å². The molecule has 32 heavy (non-hydrogen) atoms. The highest BCUT2D eigenvalue weighted by Crippen LogP contribution is 2.40. The normalized spacial score (nSPS) is 15.1. The molecule has 0 fully saturated rings. The first-order valence-corrected chi connectivity index (χ1v) is 10.3. The maximum Gasteiger partial charge on any atom is 0.387 e. The van der Waals surface area contributed by atoms with Crippen LogP contribution in [0.4, 0.5) is 8.78 Å². The molecule has 0 bridgehead atoms. The number of imidazole rings is 1. The lowest BCUT2D eigenvalue weighted by Gasteiger charge is -2.24. The average molecular weight is 437 g/mol. The summed E-state index contributed by atoms with van der Waals surface area (Å²) in [6.07, 6.45) is 2.20. The van der Waals surface area contributed by atoms with Crippen LogP contribution in [0.1, 0.15) is 54.0 Å². The minimum absolute atomic E-state index is 0.0981. The third-order valence-electron chi connectivity index (χ3n) is 5.44. The lowest BCUT2D eigenvalue weighted by molar-refractivity contribution is -0.107. The van der Waals surface area contributed by atoms with Gasteiger partial charge in [0.25, 0.3) is 5.91 Å². The Morgan fingerprint density at radius 2 is 2.09 bits per heavy atom. The average Bonchev–Trinajstić information content (AvgIpc) is 3.10. The molecule has 0 radical (unpaired) electrons. The van der Waals surface area contributed by atoms with Crippen molar-refractivity contribution in [2.75, 3.05) is 7.05 Å². The number of halogens is 2. The Bertz CT molecular complexity index is 1260. The van der Waals surface area contributed by atoms with Crippen molar-refractivity contribution in [1.82, 2.24) is 14.5 Å². The number of rotatable bonds is 5. The minimum Gasteiger partial charge on any atom is -0.433 e. The van der Waals surface area contributed by atoms with Gasteiger partial charge in [-0.05, 0) is 36.8 Å². The Hall–Kier alpha value is -3.73. The van der Waals surface area contributed by atoms with Gasteiger partial charge in [0, 0.05) is 25.5 Å². The van der Waals surface area contributed by atoms with Gasteiger partial charge in [0.2, 0.25) is 0 Å². The summed E-state index contributed by atoms with van der Waals surface area (Å²) >= 11 is 0. The van der Waals surface area contributed by atoms with Gasteiger partial charge in [-0.3, -0.25) is 9.36 Å².